The zero-order valence-corrected chi connectivity index (χ0v) is 20.5. The fourth-order valence-electron chi connectivity index (χ4n) is 5.19. The first-order valence-electron chi connectivity index (χ1n) is 12.8. The Hall–Kier alpha value is -2.35. The molecule has 0 fully saturated rings. The third-order valence-electron chi connectivity index (χ3n) is 6.99. The lowest BCUT2D eigenvalue weighted by Crippen LogP contribution is -2.35. The van der Waals surface area contributed by atoms with Gasteiger partial charge in [-0.25, -0.2) is 4.98 Å². The topological polar surface area (TPSA) is 17.8 Å². The van der Waals surface area contributed by atoms with E-state index >= 15 is 0 Å². The van der Waals surface area contributed by atoms with Crippen molar-refractivity contribution in [1.29, 1.82) is 0 Å². The highest BCUT2D eigenvalue weighted by Gasteiger charge is 2.39. The van der Waals surface area contributed by atoms with Crippen molar-refractivity contribution in [1.82, 2.24) is 9.55 Å². The van der Waals surface area contributed by atoms with Crippen LogP contribution in [0.25, 0.3) is 0 Å². The molecule has 3 rings (SSSR count). The van der Waals surface area contributed by atoms with Gasteiger partial charge in [-0.3, -0.25) is 0 Å². The first-order valence-corrected chi connectivity index (χ1v) is 12.8. The quantitative estimate of drug-likeness (QED) is 0.235. The molecule has 2 atom stereocenters. The molecule has 32 heavy (non-hydrogen) atoms. The molecule has 0 aliphatic carbocycles. The molecule has 172 valence electrons. The third-order valence-corrected chi connectivity index (χ3v) is 6.99. The minimum atomic E-state index is -0.0110. The minimum absolute atomic E-state index is 0.0110. The van der Waals surface area contributed by atoms with Gasteiger partial charge in [-0.1, -0.05) is 120 Å². The largest absolute Gasteiger partial charge is 0.335 e. The SMILES string of the molecule is CCCCCCCCC(c1nccn1CCC)C(C)(Cc1ccccc1)c1ccccc1. The summed E-state index contributed by atoms with van der Waals surface area (Å²) in [5, 5.41) is 0. The van der Waals surface area contributed by atoms with Crippen LogP contribution in [0, 0.1) is 0 Å². The number of imidazole rings is 1. The average molecular weight is 431 g/mol. The van der Waals surface area contributed by atoms with Crippen LogP contribution >= 0.6 is 0 Å². The van der Waals surface area contributed by atoms with Gasteiger partial charge in [-0.15, -0.1) is 0 Å². The second-order valence-electron chi connectivity index (χ2n) is 9.53. The fraction of sp³-hybridized carbons (Fsp3) is 0.500. The summed E-state index contributed by atoms with van der Waals surface area (Å²) in [5.74, 6) is 1.65. The molecule has 2 heteroatoms. The van der Waals surface area contributed by atoms with E-state index in [2.05, 4.69) is 92.2 Å². The van der Waals surface area contributed by atoms with E-state index < -0.39 is 0 Å². The predicted molar refractivity (Wildman–Crippen MR) is 137 cm³/mol. The maximum Gasteiger partial charge on any atom is 0.112 e. The molecule has 2 aromatic carbocycles. The van der Waals surface area contributed by atoms with Crippen molar-refractivity contribution in [3.63, 3.8) is 0 Å². The Balaban J connectivity index is 1.95. The van der Waals surface area contributed by atoms with E-state index in [1.807, 2.05) is 6.20 Å². The molecule has 1 aromatic heterocycles. The number of nitrogens with zero attached hydrogens (tertiary/aromatic N) is 2. The summed E-state index contributed by atoms with van der Waals surface area (Å²) in [4.78, 5) is 4.96. The van der Waals surface area contributed by atoms with Crippen LogP contribution in [-0.4, -0.2) is 9.55 Å². The molecule has 0 bridgehead atoms. The van der Waals surface area contributed by atoms with Crippen molar-refractivity contribution < 1.29 is 0 Å². The van der Waals surface area contributed by atoms with E-state index in [9.17, 15) is 0 Å². The van der Waals surface area contributed by atoms with Gasteiger partial charge in [0.15, 0.2) is 0 Å². The maximum atomic E-state index is 4.96. The highest BCUT2D eigenvalue weighted by atomic mass is 15.1. The normalized spacial score (nSPS) is 14.2. The Labute approximate surface area is 196 Å². The van der Waals surface area contributed by atoms with Crippen molar-refractivity contribution in [3.05, 3.63) is 90.0 Å². The second kappa shape index (κ2) is 12.6. The van der Waals surface area contributed by atoms with Crippen molar-refractivity contribution >= 4 is 0 Å². The van der Waals surface area contributed by atoms with Gasteiger partial charge in [0.25, 0.3) is 0 Å². The van der Waals surface area contributed by atoms with Crippen LogP contribution in [0.1, 0.15) is 95.0 Å². The molecule has 2 nitrogen and oxygen atoms in total. The zero-order valence-electron chi connectivity index (χ0n) is 20.5. The van der Waals surface area contributed by atoms with Crippen LogP contribution in [0.15, 0.2) is 73.1 Å². The Kier molecular flexibility index (Phi) is 9.59. The molecule has 3 aromatic rings. The van der Waals surface area contributed by atoms with E-state index in [0.717, 1.165) is 19.4 Å². The standard InChI is InChI=1S/C30H42N2/c1-4-6-7-8-9-16-21-28(29-31-22-24-32(29)23-5-2)30(3,27-19-14-11-15-20-27)25-26-17-12-10-13-18-26/h10-15,17-20,22,24,28H,4-9,16,21,23,25H2,1-3H3. The van der Waals surface area contributed by atoms with Crippen LogP contribution in [0.3, 0.4) is 0 Å². The average Bonchev–Trinajstić information content (AvgIpc) is 3.27. The molecular weight excluding hydrogens is 388 g/mol. The number of hydrogen-bond donors (Lipinski definition) is 0. The van der Waals surface area contributed by atoms with Crippen LogP contribution in [0.2, 0.25) is 0 Å². The highest BCUT2D eigenvalue weighted by Crippen LogP contribution is 2.44. The minimum Gasteiger partial charge on any atom is -0.335 e. The summed E-state index contributed by atoms with van der Waals surface area (Å²) in [6.45, 7) is 8.06. The van der Waals surface area contributed by atoms with E-state index in [0.29, 0.717) is 5.92 Å². The number of unbranched alkanes of at least 4 members (excludes halogenated alkanes) is 5. The van der Waals surface area contributed by atoms with Crippen LogP contribution in [0.4, 0.5) is 0 Å². The smallest absolute Gasteiger partial charge is 0.112 e. The van der Waals surface area contributed by atoms with Crippen molar-refractivity contribution in [3.8, 4) is 0 Å². The second-order valence-corrected chi connectivity index (χ2v) is 9.53. The summed E-state index contributed by atoms with van der Waals surface area (Å²) in [6.07, 6.45) is 15.5. The van der Waals surface area contributed by atoms with Crippen molar-refractivity contribution in [2.24, 2.45) is 0 Å². The molecular formula is C30H42N2. The van der Waals surface area contributed by atoms with Gasteiger partial charge in [-0.2, -0.15) is 0 Å². The molecule has 0 aliphatic heterocycles. The molecule has 0 saturated carbocycles. The van der Waals surface area contributed by atoms with Gasteiger partial charge >= 0.3 is 0 Å². The number of aromatic nitrogens is 2. The van der Waals surface area contributed by atoms with E-state index in [1.165, 1.54) is 61.9 Å². The molecule has 0 saturated heterocycles. The summed E-state index contributed by atoms with van der Waals surface area (Å²) in [6, 6.07) is 22.2. The Morgan fingerprint density at radius 3 is 2.16 bits per heavy atom. The lowest BCUT2D eigenvalue weighted by atomic mass is 9.66. The molecule has 0 N–H and O–H groups in total. The first-order chi connectivity index (χ1) is 15.7. The molecule has 0 aliphatic rings. The Morgan fingerprint density at radius 2 is 1.47 bits per heavy atom. The summed E-state index contributed by atoms with van der Waals surface area (Å²) >= 11 is 0. The highest BCUT2D eigenvalue weighted by molar-refractivity contribution is 5.33. The van der Waals surface area contributed by atoms with Gasteiger partial charge in [0, 0.05) is 30.3 Å². The first kappa shape index (κ1) is 24.3. The Morgan fingerprint density at radius 1 is 0.812 bits per heavy atom. The van der Waals surface area contributed by atoms with Gasteiger partial charge in [0.2, 0.25) is 0 Å². The van der Waals surface area contributed by atoms with Gasteiger partial charge < -0.3 is 4.57 Å². The summed E-state index contributed by atoms with van der Waals surface area (Å²) in [5.41, 5.74) is 2.81. The lowest BCUT2D eigenvalue weighted by Gasteiger charge is -2.39. The predicted octanol–water partition coefficient (Wildman–Crippen LogP) is 8.33. The van der Waals surface area contributed by atoms with Crippen LogP contribution in [-0.2, 0) is 18.4 Å². The number of benzene rings is 2. The fourth-order valence-corrected chi connectivity index (χ4v) is 5.19. The number of aryl methyl sites for hydroxylation is 1. The van der Waals surface area contributed by atoms with E-state index in [-0.39, 0.29) is 5.41 Å². The molecule has 0 radical (unpaired) electrons. The zero-order chi connectivity index (χ0) is 22.7. The van der Waals surface area contributed by atoms with Crippen molar-refractivity contribution in [2.45, 2.75) is 96.4 Å². The third kappa shape index (κ3) is 6.34. The molecule has 0 amide bonds. The van der Waals surface area contributed by atoms with Crippen LogP contribution < -0.4 is 0 Å². The monoisotopic (exact) mass is 430 g/mol. The number of hydrogen-bond acceptors (Lipinski definition) is 1. The maximum absolute atomic E-state index is 4.96. The Bertz CT molecular complexity index is 883. The molecule has 1 heterocycles. The van der Waals surface area contributed by atoms with Gasteiger partial charge in [0.1, 0.15) is 5.82 Å². The van der Waals surface area contributed by atoms with E-state index in [1.54, 1.807) is 0 Å². The molecule has 2 unspecified atom stereocenters. The van der Waals surface area contributed by atoms with Gasteiger partial charge in [-0.05, 0) is 30.4 Å². The van der Waals surface area contributed by atoms with Gasteiger partial charge in [0.05, 0.1) is 0 Å². The number of rotatable bonds is 14. The van der Waals surface area contributed by atoms with Crippen molar-refractivity contribution in [2.75, 3.05) is 0 Å². The van der Waals surface area contributed by atoms with Crippen LogP contribution in [0.5, 0.6) is 0 Å². The summed E-state index contributed by atoms with van der Waals surface area (Å²) in [7, 11) is 0. The molecule has 0 spiro atoms. The lowest BCUT2D eigenvalue weighted by molar-refractivity contribution is 0.322. The van der Waals surface area contributed by atoms with E-state index in [4.69, 9.17) is 4.98 Å². The summed E-state index contributed by atoms with van der Waals surface area (Å²) < 4.78 is 2.41.